The summed E-state index contributed by atoms with van der Waals surface area (Å²) in [5.74, 6) is -1.18. The molecule has 0 aromatic heterocycles. The number of halogens is 1. The van der Waals surface area contributed by atoms with E-state index in [9.17, 15) is 14.0 Å². The SMILES string of the molecule is COc1cc(C(=O)NC(CC(=O)O)c2ccc(F)cc2)cc(OC)c1OC. The van der Waals surface area contributed by atoms with Crippen LogP contribution in [-0.4, -0.2) is 38.3 Å². The van der Waals surface area contributed by atoms with E-state index in [0.717, 1.165) is 0 Å². The summed E-state index contributed by atoms with van der Waals surface area (Å²) in [5, 5.41) is 11.8. The lowest BCUT2D eigenvalue weighted by molar-refractivity contribution is -0.137. The number of rotatable bonds is 8. The van der Waals surface area contributed by atoms with Crippen molar-refractivity contribution in [2.24, 2.45) is 0 Å². The molecule has 0 spiro atoms. The van der Waals surface area contributed by atoms with Gasteiger partial charge in [0.25, 0.3) is 5.91 Å². The fraction of sp³-hybridized carbons (Fsp3) is 0.263. The van der Waals surface area contributed by atoms with Gasteiger partial charge in [-0.25, -0.2) is 4.39 Å². The number of nitrogens with one attached hydrogen (secondary N) is 1. The first-order valence-electron chi connectivity index (χ1n) is 7.97. The van der Waals surface area contributed by atoms with Gasteiger partial charge in [-0.3, -0.25) is 9.59 Å². The van der Waals surface area contributed by atoms with E-state index in [2.05, 4.69) is 5.32 Å². The Balaban J connectivity index is 2.34. The fourth-order valence-electron chi connectivity index (χ4n) is 2.58. The van der Waals surface area contributed by atoms with E-state index in [4.69, 9.17) is 19.3 Å². The normalized spacial score (nSPS) is 11.4. The quantitative estimate of drug-likeness (QED) is 0.735. The summed E-state index contributed by atoms with van der Waals surface area (Å²) in [6.07, 6.45) is -0.359. The van der Waals surface area contributed by atoms with Gasteiger partial charge in [-0.2, -0.15) is 0 Å². The molecule has 0 bridgehead atoms. The van der Waals surface area contributed by atoms with Gasteiger partial charge < -0.3 is 24.6 Å². The van der Waals surface area contributed by atoms with Crippen molar-refractivity contribution in [3.8, 4) is 17.2 Å². The molecule has 2 N–H and O–H groups in total. The average Bonchev–Trinajstić information content (AvgIpc) is 2.66. The summed E-state index contributed by atoms with van der Waals surface area (Å²) in [4.78, 5) is 23.9. The molecule has 0 heterocycles. The molecule has 1 unspecified atom stereocenters. The fourth-order valence-corrected chi connectivity index (χ4v) is 2.58. The van der Waals surface area contributed by atoms with E-state index in [1.165, 1.54) is 57.7 Å². The zero-order valence-electron chi connectivity index (χ0n) is 15.1. The molecule has 0 aliphatic carbocycles. The molecule has 2 aromatic carbocycles. The summed E-state index contributed by atoms with van der Waals surface area (Å²) in [6, 6.07) is 7.34. The number of carboxylic acid groups (broad SMARTS) is 1. The second-order valence-electron chi connectivity index (χ2n) is 5.59. The van der Waals surface area contributed by atoms with Crippen molar-refractivity contribution in [2.75, 3.05) is 21.3 Å². The van der Waals surface area contributed by atoms with E-state index >= 15 is 0 Å². The van der Waals surface area contributed by atoms with Crippen molar-refractivity contribution >= 4 is 11.9 Å². The van der Waals surface area contributed by atoms with Crippen LogP contribution in [0.25, 0.3) is 0 Å². The van der Waals surface area contributed by atoms with Gasteiger partial charge in [0.05, 0.1) is 33.8 Å². The lowest BCUT2D eigenvalue weighted by atomic mass is 10.0. The van der Waals surface area contributed by atoms with Crippen LogP contribution in [0.5, 0.6) is 17.2 Å². The van der Waals surface area contributed by atoms with Crippen LogP contribution < -0.4 is 19.5 Å². The van der Waals surface area contributed by atoms with Gasteiger partial charge in [0.15, 0.2) is 11.5 Å². The molecule has 0 saturated carbocycles. The number of methoxy groups -OCH3 is 3. The third-order valence-electron chi connectivity index (χ3n) is 3.88. The predicted molar refractivity (Wildman–Crippen MR) is 95.0 cm³/mol. The summed E-state index contributed by atoms with van der Waals surface area (Å²) in [7, 11) is 4.28. The molecular weight excluding hydrogens is 357 g/mol. The average molecular weight is 377 g/mol. The Morgan fingerprint density at radius 1 is 1.04 bits per heavy atom. The van der Waals surface area contributed by atoms with Crippen molar-refractivity contribution in [3.05, 3.63) is 53.3 Å². The maximum absolute atomic E-state index is 13.1. The first-order valence-corrected chi connectivity index (χ1v) is 7.97. The number of hydrogen-bond donors (Lipinski definition) is 2. The third kappa shape index (κ3) is 4.87. The molecule has 1 atom stereocenters. The van der Waals surface area contributed by atoms with Gasteiger partial charge in [0.1, 0.15) is 5.82 Å². The maximum atomic E-state index is 13.1. The molecule has 0 aliphatic heterocycles. The summed E-state index contributed by atoms with van der Waals surface area (Å²) in [5.41, 5.74) is 0.668. The monoisotopic (exact) mass is 377 g/mol. The summed E-state index contributed by atoms with van der Waals surface area (Å²) in [6.45, 7) is 0. The van der Waals surface area contributed by atoms with E-state index in [0.29, 0.717) is 22.8 Å². The molecule has 144 valence electrons. The third-order valence-corrected chi connectivity index (χ3v) is 3.88. The molecule has 2 aromatic rings. The Morgan fingerprint density at radius 3 is 2.04 bits per heavy atom. The van der Waals surface area contributed by atoms with Crippen molar-refractivity contribution in [3.63, 3.8) is 0 Å². The predicted octanol–water partition coefficient (Wildman–Crippen LogP) is 2.80. The maximum Gasteiger partial charge on any atom is 0.305 e. The van der Waals surface area contributed by atoms with E-state index in [1.54, 1.807) is 0 Å². The topological polar surface area (TPSA) is 94.1 Å². The zero-order chi connectivity index (χ0) is 20.0. The number of carboxylic acids is 1. The lowest BCUT2D eigenvalue weighted by Crippen LogP contribution is -2.30. The van der Waals surface area contributed by atoms with E-state index in [-0.39, 0.29) is 12.0 Å². The number of benzene rings is 2. The second kappa shape index (κ2) is 8.88. The smallest absolute Gasteiger partial charge is 0.305 e. The Hall–Kier alpha value is -3.29. The zero-order valence-corrected chi connectivity index (χ0v) is 15.1. The highest BCUT2D eigenvalue weighted by Gasteiger charge is 2.22. The molecule has 27 heavy (non-hydrogen) atoms. The minimum Gasteiger partial charge on any atom is -0.493 e. The second-order valence-corrected chi connectivity index (χ2v) is 5.59. The highest BCUT2D eigenvalue weighted by atomic mass is 19.1. The van der Waals surface area contributed by atoms with Gasteiger partial charge in [0, 0.05) is 5.56 Å². The van der Waals surface area contributed by atoms with Crippen LogP contribution >= 0.6 is 0 Å². The minimum absolute atomic E-state index is 0.196. The molecule has 0 aliphatic rings. The molecule has 2 rings (SSSR count). The standard InChI is InChI=1S/C19H20FNO6/c1-25-15-8-12(9-16(26-2)18(15)27-3)19(24)21-14(10-17(22)23)11-4-6-13(20)7-5-11/h4-9,14H,10H2,1-3H3,(H,21,24)(H,22,23). The number of carbonyl (C=O) groups excluding carboxylic acids is 1. The highest BCUT2D eigenvalue weighted by molar-refractivity contribution is 5.96. The lowest BCUT2D eigenvalue weighted by Gasteiger charge is -2.19. The van der Waals surface area contributed by atoms with Gasteiger partial charge >= 0.3 is 5.97 Å². The van der Waals surface area contributed by atoms with Gasteiger partial charge in [0.2, 0.25) is 5.75 Å². The van der Waals surface area contributed by atoms with Crippen LogP contribution in [-0.2, 0) is 4.79 Å². The van der Waals surface area contributed by atoms with E-state index < -0.39 is 23.7 Å². The molecule has 1 amide bonds. The number of hydrogen-bond acceptors (Lipinski definition) is 5. The number of ether oxygens (including phenoxy) is 3. The van der Waals surface area contributed by atoms with Crippen molar-refractivity contribution in [1.29, 1.82) is 0 Å². The van der Waals surface area contributed by atoms with Crippen LogP contribution in [0.4, 0.5) is 4.39 Å². The summed E-state index contributed by atoms with van der Waals surface area (Å²) < 4.78 is 28.8. The number of amides is 1. The first kappa shape index (κ1) is 20.0. The number of aliphatic carboxylic acids is 1. The molecular formula is C19H20FNO6. The summed E-state index contributed by atoms with van der Waals surface area (Å²) >= 11 is 0. The minimum atomic E-state index is -1.10. The van der Waals surface area contributed by atoms with E-state index in [1.807, 2.05) is 0 Å². The Bertz CT molecular complexity index is 796. The largest absolute Gasteiger partial charge is 0.493 e. The van der Waals surface area contributed by atoms with Crippen LogP contribution in [0.1, 0.15) is 28.4 Å². The van der Waals surface area contributed by atoms with Crippen LogP contribution in [0, 0.1) is 5.82 Å². The Kier molecular flexibility index (Phi) is 6.59. The molecule has 8 heteroatoms. The van der Waals surface area contributed by atoms with Crippen LogP contribution in [0.2, 0.25) is 0 Å². The van der Waals surface area contributed by atoms with Gasteiger partial charge in [-0.05, 0) is 29.8 Å². The van der Waals surface area contributed by atoms with Crippen molar-refractivity contribution < 1.29 is 33.3 Å². The Morgan fingerprint density at radius 2 is 1.59 bits per heavy atom. The molecule has 0 radical (unpaired) electrons. The Labute approximate surface area is 155 Å². The van der Waals surface area contributed by atoms with Crippen molar-refractivity contribution in [1.82, 2.24) is 5.32 Å². The van der Waals surface area contributed by atoms with Crippen molar-refractivity contribution in [2.45, 2.75) is 12.5 Å². The molecule has 0 saturated heterocycles. The van der Waals surface area contributed by atoms with Gasteiger partial charge in [-0.15, -0.1) is 0 Å². The number of carbonyl (C=O) groups is 2. The van der Waals surface area contributed by atoms with Crippen LogP contribution in [0.3, 0.4) is 0 Å². The molecule has 0 fully saturated rings. The first-order chi connectivity index (χ1) is 12.9. The highest BCUT2D eigenvalue weighted by Crippen LogP contribution is 2.38. The van der Waals surface area contributed by atoms with Gasteiger partial charge in [-0.1, -0.05) is 12.1 Å². The van der Waals surface area contributed by atoms with Crippen LogP contribution in [0.15, 0.2) is 36.4 Å². The molecule has 7 nitrogen and oxygen atoms in total.